The third-order valence-electron chi connectivity index (χ3n) is 2.66. The summed E-state index contributed by atoms with van der Waals surface area (Å²) in [4.78, 5) is 0. The fourth-order valence-electron chi connectivity index (χ4n) is 1.85. The van der Waals surface area contributed by atoms with Crippen LogP contribution in [0.25, 0.3) is 0 Å². The molecule has 2 atom stereocenters. The fourth-order valence-corrected chi connectivity index (χ4v) is 1.85. The number of nitrogens with zero attached hydrogens (tertiary/aromatic N) is 1. The van der Waals surface area contributed by atoms with Gasteiger partial charge in [-0.2, -0.15) is 0 Å². The summed E-state index contributed by atoms with van der Waals surface area (Å²) in [7, 11) is 1.81. The second-order valence-corrected chi connectivity index (χ2v) is 4.84. The molecule has 0 spiro atoms. The molecule has 0 aromatic heterocycles. The summed E-state index contributed by atoms with van der Waals surface area (Å²) in [6.45, 7) is 6.72. The van der Waals surface area contributed by atoms with Crippen molar-refractivity contribution in [2.75, 3.05) is 13.6 Å². The highest BCUT2D eigenvalue weighted by atomic mass is 19.3. The van der Waals surface area contributed by atoms with E-state index in [4.69, 9.17) is 0 Å². The van der Waals surface area contributed by atoms with E-state index in [0.717, 1.165) is 0 Å². The number of hydrazine groups is 1. The summed E-state index contributed by atoms with van der Waals surface area (Å²) in [6, 6.07) is -0.690. The van der Waals surface area contributed by atoms with Crippen LogP contribution in [0.1, 0.15) is 20.8 Å². The highest BCUT2D eigenvalue weighted by molar-refractivity contribution is 4.91. The first-order valence-electron chi connectivity index (χ1n) is 4.58. The van der Waals surface area contributed by atoms with Crippen molar-refractivity contribution in [2.45, 2.75) is 33.2 Å². The predicted molar refractivity (Wildman–Crippen MR) is 48.5 cm³/mol. The SMILES string of the molecule is CN1CC(C(C)(C)C)C(C(F)F)N1. The Morgan fingerprint density at radius 1 is 1.38 bits per heavy atom. The molecule has 1 aliphatic rings. The number of hydrogen-bond acceptors (Lipinski definition) is 2. The molecule has 0 radical (unpaired) electrons. The summed E-state index contributed by atoms with van der Waals surface area (Å²) < 4.78 is 25.2. The van der Waals surface area contributed by atoms with Crippen molar-refractivity contribution in [3.8, 4) is 0 Å². The molecule has 78 valence electrons. The van der Waals surface area contributed by atoms with E-state index in [2.05, 4.69) is 5.43 Å². The normalized spacial score (nSPS) is 31.6. The number of rotatable bonds is 1. The molecular formula is C9H18F2N2. The van der Waals surface area contributed by atoms with E-state index < -0.39 is 12.5 Å². The van der Waals surface area contributed by atoms with Crippen LogP contribution in [0.3, 0.4) is 0 Å². The van der Waals surface area contributed by atoms with Gasteiger partial charge in [-0.25, -0.2) is 19.2 Å². The Labute approximate surface area is 78.3 Å². The molecule has 13 heavy (non-hydrogen) atoms. The summed E-state index contributed by atoms with van der Waals surface area (Å²) in [5, 5.41) is 1.76. The Hall–Kier alpha value is -0.220. The quantitative estimate of drug-likeness (QED) is 0.680. The van der Waals surface area contributed by atoms with Crippen molar-refractivity contribution < 1.29 is 8.78 Å². The minimum absolute atomic E-state index is 0.0116. The van der Waals surface area contributed by atoms with Gasteiger partial charge in [0.1, 0.15) is 0 Å². The first kappa shape index (κ1) is 10.9. The van der Waals surface area contributed by atoms with Crippen LogP contribution in [0, 0.1) is 11.3 Å². The van der Waals surface area contributed by atoms with E-state index in [1.807, 2.05) is 20.8 Å². The maximum atomic E-state index is 12.6. The van der Waals surface area contributed by atoms with E-state index in [1.54, 1.807) is 12.1 Å². The van der Waals surface area contributed by atoms with Gasteiger partial charge < -0.3 is 0 Å². The molecule has 1 saturated heterocycles. The zero-order valence-corrected chi connectivity index (χ0v) is 8.64. The van der Waals surface area contributed by atoms with Crippen molar-refractivity contribution >= 4 is 0 Å². The van der Waals surface area contributed by atoms with Gasteiger partial charge in [-0.15, -0.1) is 0 Å². The van der Waals surface area contributed by atoms with Crippen LogP contribution in [0.15, 0.2) is 0 Å². The molecule has 1 N–H and O–H groups in total. The molecule has 0 saturated carbocycles. The summed E-state index contributed by atoms with van der Waals surface area (Å²) in [5.74, 6) is 0.0116. The van der Waals surface area contributed by atoms with E-state index in [9.17, 15) is 8.78 Å². The van der Waals surface area contributed by atoms with Crippen molar-refractivity contribution in [3.63, 3.8) is 0 Å². The molecule has 1 rings (SSSR count). The van der Waals surface area contributed by atoms with Crippen LogP contribution < -0.4 is 5.43 Å². The topological polar surface area (TPSA) is 15.3 Å². The van der Waals surface area contributed by atoms with Crippen molar-refractivity contribution in [2.24, 2.45) is 11.3 Å². The van der Waals surface area contributed by atoms with Crippen molar-refractivity contribution in [1.82, 2.24) is 10.4 Å². The van der Waals surface area contributed by atoms with Crippen LogP contribution in [0.5, 0.6) is 0 Å². The summed E-state index contributed by atoms with van der Waals surface area (Å²) in [5.41, 5.74) is 2.72. The minimum atomic E-state index is -2.28. The predicted octanol–water partition coefficient (Wildman–Crippen LogP) is 1.73. The number of hydrogen-bond donors (Lipinski definition) is 1. The van der Waals surface area contributed by atoms with Gasteiger partial charge in [-0.3, -0.25) is 0 Å². The highest BCUT2D eigenvalue weighted by Crippen LogP contribution is 2.34. The van der Waals surface area contributed by atoms with Crippen LogP contribution >= 0.6 is 0 Å². The maximum absolute atomic E-state index is 12.6. The van der Waals surface area contributed by atoms with Gasteiger partial charge >= 0.3 is 0 Å². The molecule has 2 nitrogen and oxygen atoms in total. The fraction of sp³-hybridized carbons (Fsp3) is 1.00. The number of nitrogens with one attached hydrogen (secondary N) is 1. The Kier molecular flexibility index (Phi) is 2.92. The minimum Gasteiger partial charge on any atom is -0.247 e. The molecule has 0 bridgehead atoms. The molecule has 4 heteroatoms. The average molecular weight is 192 g/mol. The molecule has 0 aromatic carbocycles. The third-order valence-corrected chi connectivity index (χ3v) is 2.66. The zero-order chi connectivity index (χ0) is 10.2. The molecule has 0 aliphatic carbocycles. The van der Waals surface area contributed by atoms with Crippen LogP contribution in [0.2, 0.25) is 0 Å². The Morgan fingerprint density at radius 2 is 1.92 bits per heavy atom. The van der Waals surface area contributed by atoms with Crippen LogP contribution in [-0.4, -0.2) is 31.1 Å². The van der Waals surface area contributed by atoms with E-state index in [1.165, 1.54) is 0 Å². The molecule has 1 aliphatic heterocycles. The van der Waals surface area contributed by atoms with Crippen LogP contribution in [-0.2, 0) is 0 Å². The smallest absolute Gasteiger partial charge is 0.247 e. The third kappa shape index (κ3) is 2.38. The van der Waals surface area contributed by atoms with Gasteiger partial charge in [0, 0.05) is 19.5 Å². The lowest BCUT2D eigenvalue weighted by atomic mass is 9.77. The largest absolute Gasteiger partial charge is 0.255 e. The second kappa shape index (κ2) is 3.50. The van der Waals surface area contributed by atoms with E-state index in [-0.39, 0.29) is 11.3 Å². The lowest BCUT2D eigenvalue weighted by Gasteiger charge is -2.30. The van der Waals surface area contributed by atoms with Gasteiger partial charge in [-0.1, -0.05) is 20.8 Å². The summed E-state index contributed by atoms with van der Waals surface area (Å²) in [6.07, 6.45) is -2.28. The van der Waals surface area contributed by atoms with E-state index in [0.29, 0.717) is 6.54 Å². The van der Waals surface area contributed by atoms with Gasteiger partial charge in [0.25, 0.3) is 6.43 Å². The summed E-state index contributed by atoms with van der Waals surface area (Å²) >= 11 is 0. The standard InChI is InChI=1S/C9H18F2N2/c1-9(2,3)6-5-13(4)12-7(6)8(10)11/h6-8,12H,5H2,1-4H3. The second-order valence-electron chi connectivity index (χ2n) is 4.84. The first-order chi connectivity index (χ1) is 5.82. The molecule has 2 unspecified atom stereocenters. The monoisotopic (exact) mass is 192 g/mol. The first-order valence-corrected chi connectivity index (χ1v) is 4.58. The Morgan fingerprint density at radius 3 is 2.23 bits per heavy atom. The lowest BCUT2D eigenvalue weighted by Crippen LogP contribution is -2.41. The van der Waals surface area contributed by atoms with Gasteiger partial charge in [-0.05, 0) is 5.41 Å². The maximum Gasteiger partial charge on any atom is 0.255 e. The van der Waals surface area contributed by atoms with Gasteiger partial charge in [0.2, 0.25) is 0 Å². The number of alkyl halides is 2. The van der Waals surface area contributed by atoms with E-state index >= 15 is 0 Å². The van der Waals surface area contributed by atoms with Crippen LogP contribution in [0.4, 0.5) is 8.78 Å². The van der Waals surface area contributed by atoms with Gasteiger partial charge in [0.15, 0.2) is 0 Å². The van der Waals surface area contributed by atoms with Crippen molar-refractivity contribution in [1.29, 1.82) is 0 Å². The number of halogens is 2. The Balaban J connectivity index is 2.72. The molecule has 1 fully saturated rings. The highest BCUT2D eigenvalue weighted by Gasteiger charge is 2.42. The molecule has 1 heterocycles. The molecule has 0 amide bonds. The van der Waals surface area contributed by atoms with Crippen molar-refractivity contribution in [3.05, 3.63) is 0 Å². The lowest BCUT2D eigenvalue weighted by molar-refractivity contribution is 0.0548. The molecular weight excluding hydrogens is 174 g/mol. The zero-order valence-electron chi connectivity index (χ0n) is 8.64. The average Bonchev–Trinajstić information content (AvgIpc) is 2.29. The van der Waals surface area contributed by atoms with Gasteiger partial charge in [0.05, 0.1) is 6.04 Å². The molecule has 0 aromatic rings. The Bertz CT molecular complexity index is 177.